The van der Waals surface area contributed by atoms with Crippen LogP contribution >= 0.6 is 0 Å². The first kappa shape index (κ1) is 19.2. The first-order valence-electron chi connectivity index (χ1n) is 9.77. The van der Waals surface area contributed by atoms with Crippen LogP contribution in [0, 0.1) is 0 Å². The van der Waals surface area contributed by atoms with E-state index in [-0.39, 0.29) is 12.0 Å². The molecule has 0 spiro atoms. The van der Waals surface area contributed by atoms with Gasteiger partial charge in [0.2, 0.25) is 0 Å². The number of rotatable bonds is 6. The third kappa shape index (κ3) is 4.32. The number of carbonyl (C=O) groups is 1. The van der Waals surface area contributed by atoms with Crippen molar-refractivity contribution in [3.05, 3.63) is 48.4 Å². The maximum absolute atomic E-state index is 12.8. The molecule has 0 aliphatic carbocycles. The van der Waals surface area contributed by atoms with Gasteiger partial charge in [-0.05, 0) is 37.5 Å². The topological polar surface area (TPSA) is 83.2 Å². The van der Waals surface area contributed by atoms with Crippen LogP contribution in [0.2, 0.25) is 0 Å². The second-order valence-electron chi connectivity index (χ2n) is 7.13. The maximum Gasteiger partial charge on any atom is 0.274 e. The molecule has 8 nitrogen and oxygen atoms in total. The highest BCUT2D eigenvalue weighted by molar-refractivity contribution is 6.03. The summed E-state index contributed by atoms with van der Waals surface area (Å²) in [5.74, 6) is 0.471. The lowest BCUT2D eigenvalue weighted by Crippen LogP contribution is -2.24. The summed E-state index contributed by atoms with van der Waals surface area (Å²) >= 11 is 0. The van der Waals surface area contributed by atoms with Crippen molar-refractivity contribution < 1.29 is 14.3 Å². The second-order valence-corrected chi connectivity index (χ2v) is 7.13. The van der Waals surface area contributed by atoms with E-state index in [0.717, 1.165) is 25.0 Å². The number of carbonyl (C=O) groups excluding carboxylic acids is 1. The van der Waals surface area contributed by atoms with Crippen molar-refractivity contribution in [2.45, 2.75) is 31.9 Å². The van der Waals surface area contributed by atoms with E-state index in [0.29, 0.717) is 29.4 Å². The molecule has 152 valence electrons. The van der Waals surface area contributed by atoms with E-state index in [9.17, 15) is 4.79 Å². The highest BCUT2D eigenvalue weighted by Crippen LogP contribution is 2.29. The Bertz CT molecular complexity index is 988. The van der Waals surface area contributed by atoms with E-state index in [1.54, 1.807) is 31.1 Å². The zero-order valence-corrected chi connectivity index (χ0v) is 16.7. The molecule has 4 rings (SSSR count). The minimum atomic E-state index is -0.241. The van der Waals surface area contributed by atoms with Crippen LogP contribution in [-0.2, 0) is 18.3 Å². The Labute approximate surface area is 169 Å². The zero-order valence-electron chi connectivity index (χ0n) is 16.7. The average molecular weight is 395 g/mol. The minimum Gasteiger partial charge on any atom is -0.496 e. The van der Waals surface area contributed by atoms with Crippen molar-refractivity contribution in [3.8, 4) is 17.0 Å². The number of amides is 1. The molecule has 1 amide bonds. The van der Waals surface area contributed by atoms with Crippen LogP contribution in [0.4, 0.5) is 5.69 Å². The van der Waals surface area contributed by atoms with E-state index in [1.807, 2.05) is 35.1 Å². The lowest BCUT2D eigenvalue weighted by Gasteiger charge is -2.22. The molecule has 8 heteroatoms. The number of nitrogens with one attached hydrogen (secondary N) is 1. The van der Waals surface area contributed by atoms with Crippen LogP contribution in [0.3, 0.4) is 0 Å². The quantitative estimate of drug-likeness (QED) is 0.693. The van der Waals surface area contributed by atoms with Gasteiger partial charge in [0.25, 0.3) is 5.91 Å². The molecular weight excluding hydrogens is 370 g/mol. The molecule has 1 aliphatic rings. The Balaban J connectivity index is 1.46. The second kappa shape index (κ2) is 8.48. The van der Waals surface area contributed by atoms with E-state index in [4.69, 9.17) is 9.47 Å². The molecule has 29 heavy (non-hydrogen) atoms. The molecule has 0 saturated carbocycles. The van der Waals surface area contributed by atoms with Gasteiger partial charge in [0.05, 0.1) is 37.3 Å². The Kier molecular flexibility index (Phi) is 5.62. The number of hydrogen-bond donors (Lipinski definition) is 1. The summed E-state index contributed by atoms with van der Waals surface area (Å²) in [6.45, 7) is 1.50. The molecule has 1 aromatic carbocycles. The Morgan fingerprint density at radius 3 is 3.00 bits per heavy atom. The number of methoxy groups -OCH3 is 1. The highest BCUT2D eigenvalue weighted by atomic mass is 16.5. The normalized spacial score (nSPS) is 16.6. The van der Waals surface area contributed by atoms with Crippen LogP contribution in [0.15, 0.2) is 42.7 Å². The van der Waals surface area contributed by atoms with Gasteiger partial charge in [0.15, 0.2) is 0 Å². The van der Waals surface area contributed by atoms with E-state index < -0.39 is 0 Å². The van der Waals surface area contributed by atoms with Crippen molar-refractivity contribution >= 4 is 11.6 Å². The fraction of sp³-hybridized carbons (Fsp3) is 0.381. The van der Waals surface area contributed by atoms with Gasteiger partial charge >= 0.3 is 0 Å². The van der Waals surface area contributed by atoms with Crippen LogP contribution < -0.4 is 10.1 Å². The van der Waals surface area contributed by atoms with Crippen molar-refractivity contribution in [3.63, 3.8) is 0 Å². The molecule has 0 bridgehead atoms. The molecule has 0 radical (unpaired) electrons. The Hall–Kier alpha value is -3.13. The number of anilines is 1. The fourth-order valence-corrected chi connectivity index (χ4v) is 3.55. The monoisotopic (exact) mass is 395 g/mol. The van der Waals surface area contributed by atoms with Gasteiger partial charge in [-0.2, -0.15) is 10.2 Å². The zero-order chi connectivity index (χ0) is 20.2. The molecule has 1 N–H and O–H groups in total. The Morgan fingerprint density at radius 1 is 1.34 bits per heavy atom. The molecule has 1 unspecified atom stereocenters. The number of aromatic nitrogens is 4. The first-order valence-corrected chi connectivity index (χ1v) is 9.77. The van der Waals surface area contributed by atoms with E-state index >= 15 is 0 Å². The van der Waals surface area contributed by atoms with Crippen molar-refractivity contribution in [1.29, 1.82) is 0 Å². The van der Waals surface area contributed by atoms with Crippen LogP contribution in [0.1, 0.15) is 29.8 Å². The average Bonchev–Trinajstić information content (AvgIpc) is 3.35. The van der Waals surface area contributed by atoms with Crippen molar-refractivity contribution in [1.82, 2.24) is 19.6 Å². The van der Waals surface area contributed by atoms with E-state index in [1.165, 1.54) is 6.42 Å². The van der Waals surface area contributed by atoms with Gasteiger partial charge in [0, 0.05) is 25.4 Å². The van der Waals surface area contributed by atoms with Gasteiger partial charge in [0.1, 0.15) is 11.4 Å². The Morgan fingerprint density at radius 2 is 2.21 bits per heavy atom. The predicted molar refractivity (Wildman–Crippen MR) is 109 cm³/mol. The number of hydrogen-bond acceptors (Lipinski definition) is 5. The van der Waals surface area contributed by atoms with Crippen LogP contribution in [0.5, 0.6) is 5.75 Å². The third-order valence-corrected chi connectivity index (χ3v) is 5.05. The van der Waals surface area contributed by atoms with Crippen LogP contribution in [-0.4, -0.2) is 45.3 Å². The standard InChI is InChI=1S/C21H25N5O3/c1-25-19(11-18(24-25)17-8-3-4-9-20(17)28-2)21(27)23-15-12-22-26(13-15)14-16-7-5-6-10-29-16/h3-4,8-9,11-13,16H,5-7,10,14H2,1-2H3,(H,23,27). The third-order valence-electron chi connectivity index (χ3n) is 5.05. The summed E-state index contributed by atoms with van der Waals surface area (Å²) in [6.07, 6.45) is 7.02. The number of nitrogens with zero attached hydrogens (tertiary/aromatic N) is 4. The molecule has 1 atom stereocenters. The molecule has 3 heterocycles. The van der Waals surface area contributed by atoms with Gasteiger partial charge in [-0.1, -0.05) is 12.1 Å². The summed E-state index contributed by atoms with van der Waals surface area (Å²) in [7, 11) is 3.36. The molecule has 1 saturated heterocycles. The lowest BCUT2D eigenvalue weighted by molar-refractivity contribution is 0.00400. The summed E-state index contributed by atoms with van der Waals surface area (Å²) in [5.41, 5.74) is 2.62. The smallest absolute Gasteiger partial charge is 0.274 e. The lowest BCUT2D eigenvalue weighted by atomic mass is 10.1. The van der Waals surface area contributed by atoms with Crippen molar-refractivity contribution in [2.24, 2.45) is 7.05 Å². The van der Waals surface area contributed by atoms with Gasteiger partial charge in [-0.25, -0.2) is 0 Å². The fourth-order valence-electron chi connectivity index (χ4n) is 3.55. The molecule has 1 aliphatic heterocycles. The molecule has 2 aromatic heterocycles. The summed E-state index contributed by atoms with van der Waals surface area (Å²) in [4.78, 5) is 12.8. The van der Waals surface area contributed by atoms with Gasteiger partial charge < -0.3 is 14.8 Å². The van der Waals surface area contributed by atoms with Crippen molar-refractivity contribution in [2.75, 3.05) is 19.0 Å². The maximum atomic E-state index is 12.8. The SMILES string of the molecule is COc1ccccc1-c1cc(C(=O)Nc2cnn(CC3CCCCO3)c2)n(C)n1. The first-order chi connectivity index (χ1) is 14.1. The molecule has 3 aromatic rings. The largest absolute Gasteiger partial charge is 0.496 e. The predicted octanol–water partition coefficient (Wildman–Crippen LogP) is 3.11. The summed E-state index contributed by atoms with van der Waals surface area (Å²) in [5, 5.41) is 11.7. The van der Waals surface area contributed by atoms with Gasteiger partial charge in [-0.3, -0.25) is 14.2 Å². The number of benzene rings is 1. The van der Waals surface area contributed by atoms with E-state index in [2.05, 4.69) is 15.5 Å². The van der Waals surface area contributed by atoms with Gasteiger partial charge in [-0.15, -0.1) is 0 Å². The number of para-hydroxylation sites is 1. The summed E-state index contributed by atoms with van der Waals surface area (Å²) in [6, 6.07) is 9.35. The molecular formula is C21H25N5O3. The minimum absolute atomic E-state index is 0.188. The number of aryl methyl sites for hydroxylation is 1. The molecule has 1 fully saturated rings. The van der Waals surface area contributed by atoms with Crippen LogP contribution in [0.25, 0.3) is 11.3 Å². The summed E-state index contributed by atoms with van der Waals surface area (Å²) < 4.78 is 14.5. The number of ether oxygens (including phenoxy) is 2. The highest BCUT2D eigenvalue weighted by Gasteiger charge is 2.18.